The molecule has 0 saturated heterocycles. The van der Waals surface area contributed by atoms with E-state index < -0.39 is 0 Å². The Balaban J connectivity index is 1.71. The van der Waals surface area contributed by atoms with Crippen molar-refractivity contribution in [3.05, 3.63) is 88.3 Å². The van der Waals surface area contributed by atoms with Crippen LogP contribution in [0.15, 0.2) is 71.5 Å². The van der Waals surface area contributed by atoms with Crippen molar-refractivity contribution in [1.29, 1.82) is 0 Å². The SMILES string of the molecule is CCCn1nc(C(=O)N(C)Cc2ccc(-c3ccccc3)cc2)ccc1=O. The summed E-state index contributed by atoms with van der Waals surface area (Å²) in [6.07, 6.45) is 0.786. The van der Waals surface area contributed by atoms with E-state index in [1.165, 1.54) is 16.8 Å². The Labute approximate surface area is 158 Å². The molecule has 0 atom stereocenters. The summed E-state index contributed by atoms with van der Waals surface area (Å²) in [5.74, 6) is -0.202. The van der Waals surface area contributed by atoms with Gasteiger partial charge >= 0.3 is 0 Å². The number of benzene rings is 2. The molecule has 0 aliphatic carbocycles. The number of hydrogen-bond acceptors (Lipinski definition) is 3. The standard InChI is InChI=1S/C22H23N3O2/c1-3-15-25-21(26)14-13-20(23-25)22(27)24(2)16-17-9-11-19(12-10-17)18-7-5-4-6-8-18/h4-14H,3,15-16H2,1-2H3. The number of amides is 1. The summed E-state index contributed by atoms with van der Waals surface area (Å²) in [5.41, 5.74) is 3.43. The molecule has 5 nitrogen and oxygen atoms in total. The molecule has 0 N–H and O–H groups in total. The van der Waals surface area contributed by atoms with Crippen molar-refractivity contribution in [2.75, 3.05) is 7.05 Å². The van der Waals surface area contributed by atoms with E-state index in [1.807, 2.05) is 37.3 Å². The monoisotopic (exact) mass is 361 g/mol. The fourth-order valence-corrected chi connectivity index (χ4v) is 2.91. The summed E-state index contributed by atoms with van der Waals surface area (Å²) in [5, 5.41) is 4.19. The van der Waals surface area contributed by atoms with Crippen LogP contribution in [0.1, 0.15) is 29.4 Å². The van der Waals surface area contributed by atoms with Gasteiger partial charge in [0, 0.05) is 26.2 Å². The second kappa shape index (κ2) is 8.45. The van der Waals surface area contributed by atoms with Crippen molar-refractivity contribution in [1.82, 2.24) is 14.7 Å². The minimum absolute atomic E-state index is 0.187. The summed E-state index contributed by atoms with van der Waals surface area (Å²) in [6, 6.07) is 21.2. The Morgan fingerprint density at radius 1 is 0.963 bits per heavy atom. The molecule has 0 bridgehead atoms. The number of aryl methyl sites for hydroxylation is 1. The van der Waals surface area contributed by atoms with E-state index in [-0.39, 0.29) is 17.2 Å². The highest BCUT2D eigenvalue weighted by atomic mass is 16.2. The summed E-state index contributed by atoms with van der Waals surface area (Å²) in [4.78, 5) is 26.0. The third-order valence-electron chi connectivity index (χ3n) is 4.35. The summed E-state index contributed by atoms with van der Waals surface area (Å²) in [6.45, 7) is 2.95. The van der Waals surface area contributed by atoms with E-state index in [0.717, 1.165) is 23.1 Å². The molecule has 1 aromatic heterocycles. The predicted octanol–water partition coefficient (Wildman–Crippen LogP) is 3.59. The molecule has 0 aliphatic heterocycles. The molecule has 27 heavy (non-hydrogen) atoms. The number of carbonyl (C=O) groups is 1. The molecule has 3 rings (SSSR count). The van der Waals surface area contributed by atoms with Crippen LogP contribution in [0.2, 0.25) is 0 Å². The maximum atomic E-state index is 12.7. The lowest BCUT2D eigenvalue weighted by atomic mass is 10.0. The van der Waals surface area contributed by atoms with Gasteiger partial charge in [0.15, 0.2) is 0 Å². The highest BCUT2D eigenvalue weighted by Crippen LogP contribution is 2.19. The van der Waals surface area contributed by atoms with E-state index in [4.69, 9.17) is 0 Å². The van der Waals surface area contributed by atoms with Gasteiger partial charge in [0.1, 0.15) is 5.69 Å². The van der Waals surface area contributed by atoms with Crippen LogP contribution in [0.5, 0.6) is 0 Å². The molecule has 1 heterocycles. The van der Waals surface area contributed by atoms with Gasteiger partial charge in [-0.25, -0.2) is 4.68 Å². The van der Waals surface area contributed by atoms with Crippen molar-refractivity contribution in [3.8, 4) is 11.1 Å². The highest BCUT2D eigenvalue weighted by Gasteiger charge is 2.15. The van der Waals surface area contributed by atoms with Crippen LogP contribution in [0.3, 0.4) is 0 Å². The van der Waals surface area contributed by atoms with Crippen LogP contribution < -0.4 is 5.56 Å². The second-order valence-corrected chi connectivity index (χ2v) is 6.50. The molecular weight excluding hydrogens is 338 g/mol. The molecule has 1 amide bonds. The molecule has 0 fully saturated rings. The lowest BCUT2D eigenvalue weighted by Gasteiger charge is -2.17. The van der Waals surface area contributed by atoms with Gasteiger partial charge in [-0.3, -0.25) is 9.59 Å². The first-order valence-corrected chi connectivity index (χ1v) is 9.06. The van der Waals surface area contributed by atoms with Crippen molar-refractivity contribution >= 4 is 5.91 Å². The number of aromatic nitrogens is 2. The molecule has 0 saturated carbocycles. The molecule has 0 unspecified atom stereocenters. The fourth-order valence-electron chi connectivity index (χ4n) is 2.91. The minimum atomic E-state index is -0.202. The van der Waals surface area contributed by atoms with Gasteiger partial charge < -0.3 is 4.90 Å². The quantitative estimate of drug-likeness (QED) is 0.674. The predicted molar refractivity (Wildman–Crippen MR) is 106 cm³/mol. The highest BCUT2D eigenvalue weighted by molar-refractivity contribution is 5.91. The zero-order valence-electron chi connectivity index (χ0n) is 15.6. The largest absolute Gasteiger partial charge is 0.336 e. The average molecular weight is 361 g/mol. The minimum Gasteiger partial charge on any atom is -0.336 e. The van der Waals surface area contributed by atoms with Gasteiger partial charge in [-0.05, 0) is 29.2 Å². The van der Waals surface area contributed by atoms with Gasteiger partial charge in [-0.1, -0.05) is 61.5 Å². The Morgan fingerprint density at radius 2 is 1.63 bits per heavy atom. The number of hydrogen-bond donors (Lipinski definition) is 0. The Hall–Kier alpha value is -3.21. The maximum absolute atomic E-state index is 12.7. The van der Waals surface area contributed by atoms with Crippen LogP contribution in [0.4, 0.5) is 0 Å². The van der Waals surface area contributed by atoms with Crippen LogP contribution in [0.25, 0.3) is 11.1 Å². The first kappa shape index (κ1) is 18.6. The summed E-state index contributed by atoms with van der Waals surface area (Å²) in [7, 11) is 1.74. The average Bonchev–Trinajstić information content (AvgIpc) is 2.70. The van der Waals surface area contributed by atoms with E-state index in [9.17, 15) is 9.59 Å². The van der Waals surface area contributed by atoms with Crippen LogP contribution in [-0.2, 0) is 13.1 Å². The normalized spacial score (nSPS) is 10.6. The maximum Gasteiger partial charge on any atom is 0.274 e. The number of carbonyl (C=O) groups excluding carboxylic acids is 1. The van der Waals surface area contributed by atoms with Crippen LogP contribution in [0, 0.1) is 0 Å². The topological polar surface area (TPSA) is 55.2 Å². The van der Waals surface area contributed by atoms with Gasteiger partial charge in [-0.2, -0.15) is 5.10 Å². The molecule has 0 spiro atoms. The molecule has 0 radical (unpaired) electrons. The molecule has 0 aliphatic rings. The van der Waals surface area contributed by atoms with Gasteiger partial charge in [0.25, 0.3) is 11.5 Å². The van der Waals surface area contributed by atoms with Crippen molar-refractivity contribution in [3.63, 3.8) is 0 Å². The second-order valence-electron chi connectivity index (χ2n) is 6.50. The first-order chi connectivity index (χ1) is 13.1. The summed E-state index contributed by atoms with van der Waals surface area (Å²) < 4.78 is 1.34. The lowest BCUT2D eigenvalue weighted by Crippen LogP contribution is -2.31. The Bertz CT molecular complexity index is 963. The van der Waals surface area contributed by atoms with E-state index in [2.05, 4.69) is 29.4 Å². The van der Waals surface area contributed by atoms with E-state index >= 15 is 0 Å². The summed E-state index contributed by atoms with van der Waals surface area (Å²) >= 11 is 0. The first-order valence-electron chi connectivity index (χ1n) is 9.06. The van der Waals surface area contributed by atoms with Gasteiger partial charge in [0.05, 0.1) is 0 Å². The third kappa shape index (κ3) is 4.50. The Kier molecular flexibility index (Phi) is 5.81. The zero-order valence-corrected chi connectivity index (χ0v) is 15.6. The molecule has 2 aromatic carbocycles. The number of nitrogens with zero attached hydrogens (tertiary/aromatic N) is 3. The lowest BCUT2D eigenvalue weighted by molar-refractivity contribution is 0.0776. The Morgan fingerprint density at radius 3 is 2.30 bits per heavy atom. The van der Waals surface area contributed by atoms with Crippen molar-refractivity contribution in [2.24, 2.45) is 0 Å². The molecule has 5 heteroatoms. The number of rotatable bonds is 6. The van der Waals surface area contributed by atoms with Crippen molar-refractivity contribution < 1.29 is 4.79 Å². The zero-order chi connectivity index (χ0) is 19.2. The fraction of sp³-hybridized carbons (Fsp3) is 0.227. The van der Waals surface area contributed by atoms with E-state index in [0.29, 0.717) is 13.1 Å². The third-order valence-corrected chi connectivity index (χ3v) is 4.35. The van der Waals surface area contributed by atoms with Crippen LogP contribution >= 0.6 is 0 Å². The molecule has 3 aromatic rings. The van der Waals surface area contributed by atoms with Crippen LogP contribution in [-0.4, -0.2) is 27.6 Å². The van der Waals surface area contributed by atoms with E-state index in [1.54, 1.807) is 11.9 Å². The molecule has 138 valence electrons. The molecular formula is C22H23N3O2. The van der Waals surface area contributed by atoms with Gasteiger partial charge in [0.2, 0.25) is 0 Å². The van der Waals surface area contributed by atoms with Gasteiger partial charge in [-0.15, -0.1) is 0 Å². The smallest absolute Gasteiger partial charge is 0.274 e. The van der Waals surface area contributed by atoms with Crippen molar-refractivity contribution in [2.45, 2.75) is 26.4 Å².